The van der Waals surface area contributed by atoms with Gasteiger partial charge in [-0.2, -0.15) is 0 Å². The second kappa shape index (κ2) is 6.54. The van der Waals surface area contributed by atoms with Gasteiger partial charge in [0.15, 0.2) is 0 Å². The van der Waals surface area contributed by atoms with Crippen molar-refractivity contribution in [3.05, 3.63) is 53.6 Å². The zero-order valence-corrected chi connectivity index (χ0v) is 13.2. The van der Waals surface area contributed by atoms with E-state index in [4.69, 9.17) is 0 Å². The summed E-state index contributed by atoms with van der Waals surface area (Å²) in [5, 5.41) is 8.24. The molecule has 3 rings (SSSR count). The molecule has 0 saturated heterocycles. The normalized spacial score (nSPS) is 12.3. The Morgan fingerprint density at radius 3 is 2.58 bits per heavy atom. The summed E-state index contributed by atoms with van der Waals surface area (Å²) < 4.78 is 0. The Kier molecular flexibility index (Phi) is 4.29. The zero-order valence-electron chi connectivity index (χ0n) is 13.2. The van der Waals surface area contributed by atoms with Gasteiger partial charge in [-0.15, -0.1) is 0 Å². The number of carbonyl (C=O) groups is 3. The van der Waals surface area contributed by atoms with E-state index in [1.165, 1.54) is 6.92 Å². The van der Waals surface area contributed by atoms with Gasteiger partial charge in [0.2, 0.25) is 17.7 Å². The van der Waals surface area contributed by atoms with Crippen LogP contribution >= 0.6 is 0 Å². The summed E-state index contributed by atoms with van der Waals surface area (Å²) in [5.74, 6) is -0.353. The number of hydrogen-bond acceptors (Lipinski definition) is 3. The highest BCUT2D eigenvalue weighted by Crippen LogP contribution is 2.24. The topological polar surface area (TPSA) is 87.3 Å². The van der Waals surface area contributed by atoms with Crippen molar-refractivity contribution in [2.45, 2.75) is 19.8 Å². The summed E-state index contributed by atoms with van der Waals surface area (Å²) >= 11 is 0. The largest absolute Gasteiger partial charge is 0.326 e. The van der Waals surface area contributed by atoms with Crippen LogP contribution in [0.25, 0.3) is 0 Å². The zero-order chi connectivity index (χ0) is 17.1. The lowest BCUT2D eigenvalue weighted by Crippen LogP contribution is -2.15. The van der Waals surface area contributed by atoms with Crippen molar-refractivity contribution in [2.24, 2.45) is 0 Å². The lowest BCUT2D eigenvalue weighted by atomic mass is 10.1. The van der Waals surface area contributed by atoms with Gasteiger partial charge in [0, 0.05) is 24.0 Å². The summed E-state index contributed by atoms with van der Waals surface area (Å²) in [6, 6.07) is 12.5. The minimum atomic E-state index is -0.167. The third-order valence-corrected chi connectivity index (χ3v) is 3.63. The first-order valence-corrected chi connectivity index (χ1v) is 7.59. The summed E-state index contributed by atoms with van der Waals surface area (Å²) in [4.78, 5) is 34.6. The molecule has 3 amide bonds. The number of benzene rings is 2. The van der Waals surface area contributed by atoms with Crippen LogP contribution in [-0.4, -0.2) is 17.7 Å². The maximum Gasteiger partial charge on any atom is 0.228 e. The molecule has 1 aliphatic heterocycles. The Hall–Kier alpha value is -3.15. The van der Waals surface area contributed by atoms with Crippen LogP contribution in [0, 0.1) is 0 Å². The highest BCUT2D eigenvalue weighted by molar-refractivity contribution is 5.99. The summed E-state index contributed by atoms with van der Waals surface area (Å²) in [7, 11) is 0. The van der Waals surface area contributed by atoms with Crippen molar-refractivity contribution < 1.29 is 14.4 Å². The predicted octanol–water partition coefficient (Wildman–Crippen LogP) is 2.32. The molecule has 122 valence electrons. The molecule has 1 heterocycles. The van der Waals surface area contributed by atoms with Crippen molar-refractivity contribution >= 4 is 34.8 Å². The molecule has 3 N–H and O–H groups in total. The Morgan fingerprint density at radius 2 is 1.83 bits per heavy atom. The van der Waals surface area contributed by atoms with E-state index in [2.05, 4.69) is 16.0 Å². The van der Waals surface area contributed by atoms with E-state index in [0.717, 1.165) is 16.8 Å². The van der Waals surface area contributed by atoms with Crippen LogP contribution in [0.5, 0.6) is 0 Å². The van der Waals surface area contributed by atoms with Gasteiger partial charge in [0.1, 0.15) is 0 Å². The molecule has 0 fully saturated rings. The lowest BCUT2D eigenvalue weighted by molar-refractivity contribution is -0.116. The Morgan fingerprint density at radius 1 is 1.08 bits per heavy atom. The lowest BCUT2D eigenvalue weighted by Gasteiger charge is -2.08. The fraction of sp³-hybridized carbons (Fsp3) is 0.167. The van der Waals surface area contributed by atoms with Gasteiger partial charge >= 0.3 is 0 Å². The van der Waals surface area contributed by atoms with Crippen LogP contribution in [0.4, 0.5) is 17.1 Å². The summed E-state index contributed by atoms with van der Waals surface area (Å²) in [6.07, 6.45) is 0.565. The quantitative estimate of drug-likeness (QED) is 0.807. The molecule has 2 aromatic rings. The molecule has 0 aromatic heterocycles. The number of anilines is 3. The maximum absolute atomic E-state index is 12.2. The molecule has 0 spiro atoms. The van der Waals surface area contributed by atoms with E-state index in [-0.39, 0.29) is 24.1 Å². The number of carbonyl (C=O) groups excluding carboxylic acids is 3. The SMILES string of the molecule is CC(=O)Nc1cccc(NC(=O)Cc2ccc3c(c2)CC(=O)N3)c1. The van der Waals surface area contributed by atoms with Crippen LogP contribution in [-0.2, 0) is 27.2 Å². The number of rotatable bonds is 4. The first kappa shape index (κ1) is 15.7. The van der Waals surface area contributed by atoms with E-state index < -0.39 is 0 Å². The second-order valence-corrected chi connectivity index (χ2v) is 5.70. The first-order chi connectivity index (χ1) is 11.5. The highest BCUT2D eigenvalue weighted by Gasteiger charge is 2.18. The molecule has 6 heteroatoms. The number of nitrogens with one attached hydrogen (secondary N) is 3. The van der Waals surface area contributed by atoms with Crippen LogP contribution in [0.15, 0.2) is 42.5 Å². The van der Waals surface area contributed by atoms with Crippen molar-refractivity contribution in [1.82, 2.24) is 0 Å². The Balaban J connectivity index is 1.65. The number of amides is 3. The molecule has 0 bridgehead atoms. The first-order valence-electron chi connectivity index (χ1n) is 7.59. The molecule has 24 heavy (non-hydrogen) atoms. The highest BCUT2D eigenvalue weighted by atomic mass is 16.2. The minimum Gasteiger partial charge on any atom is -0.326 e. The van der Waals surface area contributed by atoms with E-state index in [9.17, 15) is 14.4 Å². The van der Waals surface area contributed by atoms with Crippen molar-refractivity contribution in [1.29, 1.82) is 0 Å². The van der Waals surface area contributed by atoms with Crippen LogP contribution < -0.4 is 16.0 Å². The smallest absolute Gasteiger partial charge is 0.228 e. The molecule has 0 radical (unpaired) electrons. The van der Waals surface area contributed by atoms with Gasteiger partial charge in [0.05, 0.1) is 12.8 Å². The molecule has 1 aliphatic rings. The van der Waals surface area contributed by atoms with E-state index >= 15 is 0 Å². The van der Waals surface area contributed by atoms with Crippen molar-refractivity contribution in [3.8, 4) is 0 Å². The molecule has 0 aliphatic carbocycles. The van der Waals surface area contributed by atoms with E-state index in [0.29, 0.717) is 17.8 Å². The molecule has 0 atom stereocenters. The summed E-state index contributed by atoms with van der Waals surface area (Å²) in [5.41, 5.74) is 3.82. The van der Waals surface area contributed by atoms with Gasteiger partial charge in [0.25, 0.3) is 0 Å². The molecule has 6 nitrogen and oxygen atoms in total. The monoisotopic (exact) mass is 323 g/mol. The minimum absolute atomic E-state index is 0.0265. The molecule has 2 aromatic carbocycles. The summed E-state index contributed by atoms with van der Waals surface area (Å²) in [6.45, 7) is 1.43. The van der Waals surface area contributed by atoms with Gasteiger partial charge in [-0.3, -0.25) is 14.4 Å². The van der Waals surface area contributed by atoms with E-state index in [1.54, 1.807) is 24.3 Å². The van der Waals surface area contributed by atoms with Crippen LogP contribution in [0.1, 0.15) is 18.1 Å². The standard InChI is InChI=1S/C18H17N3O3/c1-11(22)19-14-3-2-4-15(10-14)20-17(23)8-12-5-6-16-13(7-12)9-18(24)21-16/h2-7,10H,8-9H2,1H3,(H,19,22)(H,20,23)(H,21,24). The van der Waals surface area contributed by atoms with Gasteiger partial charge in [-0.25, -0.2) is 0 Å². The number of hydrogen-bond donors (Lipinski definition) is 3. The molecular weight excluding hydrogens is 306 g/mol. The maximum atomic E-state index is 12.2. The second-order valence-electron chi connectivity index (χ2n) is 5.70. The van der Waals surface area contributed by atoms with Crippen LogP contribution in [0.3, 0.4) is 0 Å². The van der Waals surface area contributed by atoms with Crippen molar-refractivity contribution in [2.75, 3.05) is 16.0 Å². The molecule has 0 unspecified atom stereocenters. The third kappa shape index (κ3) is 3.78. The van der Waals surface area contributed by atoms with Crippen molar-refractivity contribution in [3.63, 3.8) is 0 Å². The fourth-order valence-electron chi connectivity index (χ4n) is 2.66. The van der Waals surface area contributed by atoms with Gasteiger partial charge < -0.3 is 16.0 Å². The Bertz CT molecular complexity index is 830. The predicted molar refractivity (Wildman–Crippen MR) is 91.9 cm³/mol. The van der Waals surface area contributed by atoms with Crippen LogP contribution in [0.2, 0.25) is 0 Å². The van der Waals surface area contributed by atoms with Gasteiger partial charge in [-0.1, -0.05) is 18.2 Å². The third-order valence-electron chi connectivity index (χ3n) is 3.63. The Labute approximate surface area is 139 Å². The average Bonchev–Trinajstić information content (AvgIpc) is 2.86. The molecule has 0 saturated carbocycles. The fourth-order valence-corrected chi connectivity index (χ4v) is 2.66. The average molecular weight is 323 g/mol. The van der Waals surface area contributed by atoms with E-state index in [1.807, 2.05) is 18.2 Å². The molecular formula is C18H17N3O3. The number of fused-ring (bicyclic) bond motifs is 1. The van der Waals surface area contributed by atoms with Gasteiger partial charge in [-0.05, 0) is 35.4 Å².